The SMILES string of the molecule is COc1nc(N2CC3CC2CO3)cc(-n2ncc3cc(C)c(C4CCNCC4)cc32)n1. The van der Waals surface area contributed by atoms with Crippen molar-refractivity contribution in [2.75, 3.05) is 38.3 Å². The minimum atomic E-state index is 0.301. The number of piperidine rings is 1. The fourth-order valence-corrected chi connectivity index (χ4v) is 5.39. The molecule has 0 radical (unpaired) electrons. The van der Waals surface area contributed by atoms with E-state index in [0.717, 1.165) is 55.2 Å². The van der Waals surface area contributed by atoms with Gasteiger partial charge in [0.05, 0.1) is 37.6 Å². The van der Waals surface area contributed by atoms with E-state index in [0.29, 0.717) is 24.1 Å². The van der Waals surface area contributed by atoms with Crippen LogP contribution in [0.1, 0.15) is 36.3 Å². The number of aryl methyl sites for hydroxylation is 1. The molecule has 3 aliphatic heterocycles. The molecule has 1 aromatic carbocycles. The molecule has 0 amide bonds. The second-order valence-electron chi connectivity index (χ2n) is 8.92. The van der Waals surface area contributed by atoms with E-state index in [-0.39, 0.29) is 0 Å². The topological polar surface area (TPSA) is 77.3 Å². The molecule has 1 N–H and O–H groups in total. The lowest BCUT2D eigenvalue weighted by molar-refractivity contribution is 0.0988. The number of fused-ring (bicyclic) bond motifs is 3. The van der Waals surface area contributed by atoms with Gasteiger partial charge in [-0.1, -0.05) is 0 Å². The summed E-state index contributed by atoms with van der Waals surface area (Å²) in [6.45, 7) is 5.99. The maximum absolute atomic E-state index is 5.76. The van der Waals surface area contributed by atoms with Gasteiger partial charge >= 0.3 is 6.01 Å². The number of benzene rings is 1. The highest BCUT2D eigenvalue weighted by Crippen LogP contribution is 2.34. The number of nitrogens with zero attached hydrogens (tertiary/aromatic N) is 5. The molecule has 162 valence electrons. The van der Waals surface area contributed by atoms with Crippen molar-refractivity contribution in [3.8, 4) is 11.8 Å². The number of hydrogen-bond acceptors (Lipinski definition) is 7. The molecule has 3 aliphatic rings. The van der Waals surface area contributed by atoms with Gasteiger partial charge in [0.15, 0.2) is 5.82 Å². The summed E-state index contributed by atoms with van der Waals surface area (Å²) < 4.78 is 13.1. The molecule has 3 aromatic rings. The molecule has 2 bridgehead atoms. The highest BCUT2D eigenvalue weighted by molar-refractivity contribution is 5.82. The number of ether oxygens (including phenoxy) is 2. The van der Waals surface area contributed by atoms with Crippen LogP contribution in [0.5, 0.6) is 6.01 Å². The number of anilines is 1. The van der Waals surface area contributed by atoms with E-state index in [2.05, 4.69) is 39.2 Å². The Morgan fingerprint density at radius 1 is 1.13 bits per heavy atom. The summed E-state index contributed by atoms with van der Waals surface area (Å²) in [7, 11) is 1.61. The van der Waals surface area contributed by atoms with Gasteiger partial charge in [-0.2, -0.15) is 15.1 Å². The summed E-state index contributed by atoms with van der Waals surface area (Å²) in [5.41, 5.74) is 3.84. The maximum atomic E-state index is 5.76. The summed E-state index contributed by atoms with van der Waals surface area (Å²) >= 11 is 0. The minimum Gasteiger partial charge on any atom is -0.467 e. The van der Waals surface area contributed by atoms with Gasteiger partial charge < -0.3 is 19.7 Å². The Morgan fingerprint density at radius 3 is 2.71 bits per heavy atom. The van der Waals surface area contributed by atoms with Crippen LogP contribution in [0.25, 0.3) is 16.7 Å². The van der Waals surface area contributed by atoms with Crippen LogP contribution in [0.3, 0.4) is 0 Å². The van der Waals surface area contributed by atoms with E-state index in [1.165, 1.54) is 24.0 Å². The summed E-state index contributed by atoms with van der Waals surface area (Å²) in [6.07, 6.45) is 5.63. The zero-order chi connectivity index (χ0) is 20.9. The quantitative estimate of drug-likeness (QED) is 0.695. The van der Waals surface area contributed by atoms with Crippen molar-refractivity contribution in [1.29, 1.82) is 0 Å². The Labute approximate surface area is 181 Å². The Morgan fingerprint density at radius 2 is 1.97 bits per heavy atom. The lowest BCUT2D eigenvalue weighted by Gasteiger charge is -2.28. The monoisotopic (exact) mass is 420 g/mol. The number of aromatic nitrogens is 4. The third kappa shape index (κ3) is 3.25. The third-order valence-corrected chi connectivity index (χ3v) is 7.01. The van der Waals surface area contributed by atoms with Crippen LogP contribution in [0.4, 0.5) is 5.82 Å². The molecular weight excluding hydrogens is 392 g/mol. The largest absolute Gasteiger partial charge is 0.467 e. The van der Waals surface area contributed by atoms with Gasteiger partial charge in [0.25, 0.3) is 0 Å². The van der Waals surface area contributed by atoms with Crippen molar-refractivity contribution >= 4 is 16.7 Å². The van der Waals surface area contributed by atoms with Gasteiger partial charge in [-0.3, -0.25) is 0 Å². The average molecular weight is 421 g/mol. The zero-order valence-corrected chi connectivity index (χ0v) is 18.0. The van der Waals surface area contributed by atoms with Gasteiger partial charge in [-0.25, -0.2) is 4.68 Å². The van der Waals surface area contributed by atoms with Gasteiger partial charge in [0.1, 0.15) is 5.82 Å². The van der Waals surface area contributed by atoms with Crippen molar-refractivity contribution < 1.29 is 9.47 Å². The van der Waals surface area contributed by atoms with Crippen LogP contribution in [-0.2, 0) is 4.74 Å². The first-order valence-corrected chi connectivity index (χ1v) is 11.2. The zero-order valence-electron chi connectivity index (χ0n) is 18.0. The first-order chi connectivity index (χ1) is 15.2. The van der Waals surface area contributed by atoms with Crippen LogP contribution in [-0.4, -0.2) is 65.2 Å². The minimum absolute atomic E-state index is 0.301. The number of methoxy groups -OCH3 is 1. The van der Waals surface area contributed by atoms with Gasteiger partial charge in [-0.15, -0.1) is 0 Å². The van der Waals surface area contributed by atoms with E-state index < -0.39 is 0 Å². The lowest BCUT2D eigenvalue weighted by atomic mass is 9.87. The first-order valence-electron chi connectivity index (χ1n) is 11.2. The van der Waals surface area contributed by atoms with Crippen molar-refractivity contribution in [2.45, 2.75) is 44.2 Å². The Bertz CT molecular complexity index is 1120. The molecule has 0 saturated carbocycles. The van der Waals surface area contributed by atoms with Crippen LogP contribution in [0, 0.1) is 6.92 Å². The van der Waals surface area contributed by atoms with Crippen LogP contribution in [0.15, 0.2) is 24.4 Å². The summed E-state index contributed by atoms with van der Waals surface area (Å²) in [4.78, 5) is 11.6. The van der Waals surface area contributed by atoms with E-state index in [9.17, 15) is 0 Å². The number of nitrogens with one attached hydrogen (secondary N) is 1. The number of rotatable bonds is 4. The highest BCUT2D eigenvalue weighted by Gasteiger charge is 2.40. The van der Waals surface area contributed by atoms with Crippen LogP contribution < -0.4 is 15.0 Å². The molecule has 0 spiro atoms. The van der Waals surface area contributed by atoms with E-state index >= 15 is 0 Å². The third-order valence-electron chi connectivity index (χ3n) is 7.01. The molecule has 8 heteroatoms. The predicted molar refractivity (Wildman–Crippen MR) is 118 cm³/mol. The molecule has 31 heavy (non-hydrogen) atoms. The molecule has 0 aliphatic carbocycles. The first kappa shape index (κ1) is 19.0. The van der Waals surface area contributed by atoms with Crippen molar-refractivity contribution in [1.82, 2.24) is 25.1 Å². The highest BCUT2D eigenvalue weighted by atomic mass is 16.5. The van der Waals surface area contributed by atoms with E-state index in [4.69, 9.17) is 14.6 Å². The van der Waals surface area contributed by atoms with Crippen molar-refractivity contribution in [2.24, 2.45) is 0 Å². The van der Waals surface area contributed by atoms with Gasteiger partial charge in [0, 0.05) is 18.0 Å². The second-order valence-corrected chi connectivity index (χ2v) is 8.92. The van der Waals surface area contributed by atoms with Crippen molar-refractivity contribution in [3.63, 3.8) is 0 Å². The molecule has 2 aromatic heterocycles. The molecule has 3 saturated heterocycles. The molecular formula is C23H28N6O2. The fourth-order valence-electron chi connectivity index (χ4n) is 5.39. The average Bonchev–Trinajstić information content (AvgIpc) is 3.54. The predicted octanol–water partition coefficient (Wildman–Crippen LogP) is 2.58. The Balaban J connectivity index is 1.43. The molecule has 5 heterocycles. The Hall–Kier alpha value is -2.71. The summed E-state index contributed by atoms with van der Waals surface area (Å²) in [6, 6.07) is 7.34. The molecule has 2 unspecified atom stereocenters. The molecule has 2 atom stereocenters. The van der Waals surface area contributed by atoms with Crippen molar-refractivity contribution in [3.05, 3.63) is 35.5 Å². The van der Waals surface area contributed by atoms with E-state index in [1.54, 1.807) is 7.11 Å². The fraction of sp³-hybridized carbons (Fsp3) is 0.522. The maximum Gasteiger partial charge on any atom is 0.320 e. The lowest BCUT2D eigenvalue weighted by Crippen LogP contribution is -2.37. The van der Waals surface area contributed by atoms with Gasteiger partial charge in [0.2, 0.25) is 0 Å². The standard InChI is InChI=1S/C23H28N6O2/c1-14-7-16-11-25-29(20(16)9-19(14)15-3-5-24-6-4-15)22-10-21(26-23(27-22)30-2)28-12-18-8-17(28)13-31-18/h7,9-11,15,17-18,24H,3-6,8,12-13H2,1-2H3. The van der Waals surface area contributed by atoms with Gasteiger partial charge in [-0.05, 0) is 68.5 Å². The van der Waals surface area contributed by atoms with Crippen LogP contribution in [0.2, 0.25) is 0 Å². The molecule has 8 nitrogen and oxygen atoms in total. The Kier molecular flexibility index (Phi) is 4.57. The smallest absolute Gasteiger partial charge is 0.320 e. The van der Waals surface area contributed by atoms with Crippen LogP contribution >= 0.6 is 0 Å². The number of morpholine rings is 1. The molecule has 6 rings (SSSR count). The number of hydrogen-bond donors (Lipinski definition) is 1. The summed E-state index contributed by atoms with van der Waals surface area (Å²) in [5, 5.41) is 9.30. The normalized spacial score (nSPS) is 23.7. The van der Waals surface area contributed by atoms with E-state index in [1.807, 2.05) is 16.9 Å². The second kappa shape index (κ2) is 7.46. The molecule has 3 fully saturated rings. The summed E-state index contributed by atoms with van der Waals surface area (Å²) in [5.74, 6) is 2.21.